The van der Waals surface area contributed by atoms with Crippen LogP contribution in [0, 0.1) is 0 Å². The van der Waals surface area contributed by atoms with Crippen molar-refractivity contribution in [2.75, 3.05) is 13.1 Å². The number of nitrogens with zero attached hydrogens (tertiary/aromatic N) is 5. The van der Waals surface area contributed by atoms with Gasteiger partial charge in [-0.2, -0.15) is 4.98 Å². The van der Waals surface area contributed by atoms with Crippen LogP contribution in [-0.2, 0) is 0 Å². The van der Waals surface area contributed by atoms with Crippen LogP contribution < -0.4 is 5.32 Å². The largest absolute Gasteiger partial charge is 0.332 e. The predicted molar refractivity (Wildman–Crippen MR) is 76.0 cm³/mol. The first kappa shape index (κ1) is 14.7. The smallest absolute Gasteiger partial charge is 0.282 e. The van der Waals surface area contributed by atoms with Gasteiger partial charge in [-0.15, -0.1) is 5.10 Å². The predicted octanol–water partition coefficient (Wildman–Crippen LogP) is 2.46. The zero-order chi connectivity index (χ0) is 15.8. The first-order chi connectivity index (χ1) is 11.2. The molecule has 124 valence electrons. The molecule has 7 nitrogen and oxygen atoms in total. The summed E-state index contributed by atoms with van der Waals surface area (Å²) >= 11 is 0. The van der Waals surface area contributed by atoms with Gasteiger partial charge in [-0.25, -0.2) is 13.5 Å². The van der Waals surface area contributed by atoms with E-state index in [2.05, 4.69) is 25.8 Å². The van der Waals surface area contributed by atoms with Gasteiger partial charge in [0.15, 0.2) is 11.5 Å². The van der Waals surface area contributed by atoms with Crippen molar-refractivity contribution in [3.8, 4) is 11.6 Å². The van der Waals surface area contributed by atoms with E-state index >= 15 is 0 Å². The van der Waals surface area contributed by atoms with Gasteiger partial charge in [-0.3, -0.25) is 0 Å². The molecule has 1 unspecified atom stereocenters. The average Bonchev–Trinajstić information content (AvgIpc) is 3.32. The Hall–Kier alpha value is -1.90. The first-order valence-electron chi connectivity index (χ1n) is 8.02. The third-order valence-electron chi connectivity index (χ3n) is 4.68. The van der Waals surface area contributed by atoms with Crippen molar-refractivity contribution >= 4 is 0 Å². The highest BCUT2D eigenvalue weighted by molar-refractivity contribution is 5.50. The standard InChI is InChI=1S/C14H18F2N6O/c15-12(16)11-10(19-21-22(11)9-5-6-17-7-9)14-18-13(20-23-14)8-3-1-2-4-8/h8-9,12,17H,1-7H2. The van der Waals surface area contributed by atoms with Crippen LogP contribution in [0.2, 0.25) is 0 Å². The third kappa shape index (κ3) is 2.62. The molecule has 9 heteroatoms. The fraction of sp³-hybridized carbons (Fsp3) is 0.714. The lowest BCUT2D eigenvalue weighted by atomic mass is 10.1. The van der Waals surface area contributed by atoms with Crippen molar-refractivity contribution in [2.45, 2.75) is 50.5 Å². The van der Waals surface area contributed by atoms with E-state index in [9.17, 15) is 8.78 Å². The summed E-state index contributed by atoms with van der Waals surface area (Å²) in [5.74, 6) is 0.894. The average molecular weight is 324 g/mol. The Bertz CT molecular complexity index is 673. The lowest BCUT2D eigenvalue weighted by Crippen LogP contribution is -2.17. The number of hydrogen-bond donors (Lipinski definition) is 1. The summed E-state index contributed by atoms with van der Waals surface area (Å²) in [6.07, 6.45) is 2.37. The van der Waals surface area contributed by atoms with Crippen molar-refractivity contribution in [3.05, 3.63) is 11.5 Å². The third-order valence-corrected chi connectivity index (χ3v) is 4.68. The van der Waals surface area contributed by atoms with E-state index in [1.165, 1.54) is 4.68 Å². The van der Waals surface area contributed by atoms with Crippen molar-refractivity contribution in [2.24, 2.45) is 0 Å². The van der Waals surface area contributed by atoms with Crippen LogP contribution in [0.4, 0.5) is 8.78 Å². The molecule has 0 bridgehead atoms. The molecule has 0 radical (unpaired) electrons. The van der Waals surface area contributed by atoms with Crippen LogP contribution in [0.5, 0.6) is 0 Å². The topological polar surface area (TPSA) is 81.7 Å². The maximum absolute atomic E-state index is 13.6. The summed E-state index contributed by atoms with van der Waals surface area (Å²) in [6.45, 7) is 1.40. The summed E-state index contributed by atoms with van der Waals surface area (Å²) in [4.78, 5) is 4.30. The molecule has 1 saturated carbocycles. The molecule has 1 aliphatic heterocycles. The Morgan fingerprint density at radius 2 is 2.04 bits per heavy atom. The summed E-state index contributed by atoms with van der Waals surface area (Å²) < 4.78 is 33.6. The van der Waals surface area contributed by atoms with Gasteiger partial charge in [-0.05, 0) is 25.8 Å². The molecule has 1 atom stereocenters. The van der Waals surface area contributed by atoms with E-state index < -0.39 is 6.43 Å². The van der Waals surface area contributed by atoms with E-state index in [0.29, 0.717) is 12.4 Å². The molecule has 0 spiro atoms. The molecule has 0 amide bonds. The number of nitrogens with one attached hydrogen (secondary N) is 1. The summed E-state index contributed by atoms with van der Waals surface area (Å²) in [5.41, 5.74) is -0.232. The summed E-state index contributed by atoms with van der Waals surface area (Å²) in [7, 11) is 0. The van der Waals surface area contributed by atoms with Crippen molar-refractivity contribution in [3.63, 3.8) is 0 Å². The number of rotatable bonds is 4. The normalized spacial score (nSPS) is 22.5. The maximum atomic E-state index is 13.6. The molecule has 1 aliphatic carbocycles. The van der Waals surface area contributed by atoms with E-state index in [1.807, 2.05) is 0 Å². The van der Waals surface area contributed by atoms with E-state index in [-0.39, 0.29) is 29.2 Å². The van der Waals surface area contributed by atoms with E-state index in [4.69, 9.17) is 4.52 Å². The number of halogens is 2. The Labute approximate surface area is 131 Å². The molecule has 1 saturated heterocycles. The minimum absolute atomic E-state index is 0.00338. The van der Waals surface area contributed by atoms with Crippen LogP contribution in [0.3, 0.4) is 0 Å². The van der Waals surface area contributed by atoms with Gasteiger partial charge in [0, 0.05) is 12.5 Å². The van der Waals surface area contributed by atoms with E-state index in [1.54, 1.807) is 0 Å². The lowest BCUT2D eigenvalue weighted by molar-refractivity contribution is 0.136. The van der Waals surface area contributed by atoms with Crippen LogP contribution in [0.25, 0.3) is 11.6 Å². The van der Waals surface area contributed by atoms with E-state index in [0.717, 1.165) is 38.6 Å². The number of alkyl halides is 2. The highest BCUT2D eigenvalue weighted by atomic mass is 19.3. The van der Waals surface area contributed by atoms with Gasteiger partial charge < -0.3 is 9.84 Å². The van der Waals surface area contributed by atoms with Crippen LogP contribution in [-0.4, -0.2) is 38.2 Å². The fourth-order valence-electron chi connectivity index (χ4n) is 3.46. The molecule has 2 aromatic heterocycles. The zero-order valence-corrected chi connectivity index (χ0v) is 12.6. The second kappa shape index (κ2) is 5.95. The summed E-state index contributed by atoms with van der Waals surface area (Å²) in [5, 5.41) is 14.9. The molecule has 1 N–H and O–H groups in total. The van der Waals surface area contributed by atoms with Crippen LogP contribution >= 0.6 is 0 Å². The van der Waals surface area contributed by atoms with Crippen molar-refractivity contribution < 1.29 is 13.3 Å². The van der Waals surface area contributed by atoms with Crippen molar-refractivity contribution in [1.29, 1.82) is 0 Å². The van der Waals surface area contributed by atoms with Crippen LogP contribution in [0.15, 0.2) is 4.52 Å². The molecule has 23 heavy (non-hydrogen) atoms. The minimum atomic E-state index is -2.69. The fourth-order valence-corrected chi connectivity index (χ4v) is 3.46. The highest BCUT2D eigenvalue weighted by Gasteiger charge is 2.32. The number of aromatic nitrogens is 5. The Morgan fingerprint density at radius 3 is 2.74 bits per heavy atom. The van der Waals surface area contributed by atoms with Gasteiger partial charge in [0.25, 0.3) is 12.3 Å². The molecular weight excluding hydrogens is 306 g/mol. The second-order valence-corrected chi connectivity index (χ2v) is 6.15. The molecule has 2 aromatic rings. The lowest BCUT2D eigenvalue weighted by Gasteiger charge is -2.11. The first-order valence-corrected chi connectivity index (χ1v) is 8.02. The van der Waals surface area contributed by atoms with Gasteiger partial charge in [0.1, 0.15) is 5.69 Å². The van der Waals surface area contributed by atoms with Crippen molar-refractivity contribution in [1.82, 2.24) is 30.5 Å². The van der Waals surface area contributed by atoms with Gasteiger partial charge in [0.2, 0.25) is 0 Å². The molecule has 4 rings (SSSR count). The molecule has 2 aliphatic rings. The quantitative estimate of drug-likeness (QED) is 0.930. The monoisotopic (exact) mass is 324 g/mol. The van der Waals surface area contributed by atoms with Gasteiger partial charge in [-0.1, -0.05) is 23.2 Å². The Morgan fingerprint density at radius 1 is 1.22 bits per heavy atom. The number of hydrogen-bond acceptors (Lipinski definition) is 6. The summed E-state index contributed by atoms with van der Waals surface area (Å²) in [6, 6.07) is -0.113. The van der Waals surface area contributed by atoms with Crippen LogP contribution in [0.1, 0.15) is 62.0 Å². The van der Waals surface area contributed by atoms with Gasteiger partial charge in [0.05, 0.1) is 6.04 Å². The Balaban J connectivity index is 1.68. The van der Waals surface area contributed by atoms with Gasteiger partial charge >= 0.3 is 0 Å². The SMILES string of the molecule is FC(F)c1c(-c2nc(C3CCCC3)no2)nnn1C1CCNC1. The second-order valence-electron chi connectivity index (χ2n) is 6.15. The zero-order valence-electron chi connectivity index (χ0n) is 12.6. The minimum Gasteiger partial charge on any atom is -0.332 e. The Kier molecular flexibility index (Phi) is 3.80. The molecular formula is C14H18F2N6O. The molecule has 3 heterocycles. The maximum Gasteiger partial charge on any atom is 0.282 e. The molecule has 2 fully saturated rings. The molecule has 0 aromatic carbocycles. The highest BCUT2D eigenvalue weighted by Crippen LogP contribution is 2.35.